The minimum atomic E-state index is -0.474. The van der Waals surface area contributed by atoms with E-state index >= 15 is 0 Å². The van der Waals surface area contributed by atoms with Gasteiger partial charge in [0.05, 0.1) is 16.6 Å². The first-order chi connectivity index (χ1) is 10.2. The Balaban J connectivity index is 2.26. The van der Waals surface area contributed by atoms with Crippen LogP contribution in [0.2, 0.25) is 0 Å². The van der Waals surface area contributed by atoms with Gasteiger partial charge in [0.15, 0.2) is 0 Å². The van der Waals surface area contributed by atoms with Crippen molar-refractivity contribution in [3.8, 4) is 6.07 Å². The zero-order valence-corrected chi connectivity index (χ0v) is 11.1. The molecular formula is C17H12N2O2. The van der Waals surface area contributed by atoms with Crippen molar-refractivity contribution in [1.82, 2.24) is 0 Å². The highest BCUT2D eigenvalue weighted by molar-refractivity contribution is 5.79. The van der Waals surface area contributed by atoms with Gasteiger partial charge in [-0.2, -0.15) is 5.26 Å². The van der Waals surface area contributed by atoms with Crippen LogP contribution in [0.5, 0.6) is 0 Å². The lowest BCUT2D eigenvalue weighted by Gasteiger charge is -1.98. The van der Waals surface area contributed by atoms with Crippen molar-refractivity contribution in [2.45, 2.75) is 0 Å². The second-order valence-corrected chi connectivity index (χ2v) is 4.27. The van der Waals surface area contributed by atoms with Crippen molar-refractivity contribution >= 4 is 17.3 Å². The Morgan fingerprint density at radius 3 is 2.57 bits per heavy atom. The maximum Gasteiger partial charge on any atom is 0.270 e. The number of non-ortho nitro benzene ring substituents is 1. The molecule has 0 unspecified atom stereocenters. The van der Waals surface area contributed by atoms with E-state index in [1.165, 1.54) is 12.1 Å². The van der Waals surface area contributed by atoms with Crippen LogP contribution in [0.4, 0.5) is 5.69 Å². The molecule has 21 heavy (non-hydrogen) atoms. The summed E-state index contributed by atoms with van der Waals surface area (Å²) in [7, 11) is 0. The molecule has 0 fully saturated rings. The standard InChI is InChI=1S/C17H12N2O2/c18-13-16(10-4-8-14-6-2-1-3-7-14)15-9-5-11-17(12-15)19(20)21/h1-12H. The smallest absolute Gasteiger partial charge is 0.258 e. The number of hydrogen-bond donors (Lipinski definition) is 0. The van der Waals surface area contributed by atoms with E-state index in [0.717, 1.165) is 5.56 Å². The molecule has 4 nitrogen and oxygen atoms in total. The lowest BCUT2D eigenvalue weighted by atomic mass is 10.1. The molecule has 0 saturated heterocycles. The van der Waals surface area contributed by atoms with Crippen molar-refractivity contribution in [3.63, 3.8) is 0 Å². The maximum absolute atomic E-state index is 10.8. The number of hydrogen-bond acceptors (Lipinski definition) is 3. The number of nitro groups is 1. The number of nitrogens with zero attached hydrogens (tertiary/aromatic N) is 2. The van der Waals surface area contributed by atoms with Crippen LogP contribution in [0.1, 0.15) is 11.1 Å². The largest absolute Gasteiger partial charge is 0.270 e. The second-order valence-electron chi connectivity index (χ2n) is 4.27. The summed E-state index contributed by atoms with van der Waals surface area (Å²) < 4.78 is 0. The summed E-state index contributed by atoms with van der Waals surface area (Å²) in [5.74, 6) is 0. The van der Waals surface area contributed by atoms with Gasteiger partial charge < -0.3 is 0 Å². The highest BCUT2D eigenvalue weighted by atomic mass is 16.6. The van der Waals surface area contributed by atoms with Gasteiger partial charge >= 0.3 is 0 Å². The van der Waals surface area contributed by atoms with E-state index in [9.17, 15) is 15.4 Å². The monoisotopic (exact) mass is 276 g/mol. The van der Waals surface area contributed by atoms with Gasteiger partial charge in [-0.15, -0.1) is 0 Å². The Kier molecular flexibility index (Phi) is 4.62. The molecule has 4 heteroatoms. The van der Waals surface area contributed by atoms with Gasteiger partial charge in [0.2, 0.25) is 0 Å². The Morgan fingerprint density at radius 2 is 1.90 bits per heavy atom. The minimum absolute atomic E-state index is 0.0271. The third-order valence-corrected chi connectivity index (χ3v) is 2.84. The molecule has 0 amide bonds. The molecule has 0 aliphatic carbocycles. The molecule has 0 N–H and O–H groups in total. The lowest BCUT2D eigenvalue weighted by Crippen LogP contribution is -1.89. The van der Waals surface area contributed by atoms with Crippen molar-refractivity contribution in [2.24, 2.45) is 0 Å². The van der Waals surface area contributed by atoms with Crippen molar-refractivity contribution in [3.05, 3.63) is 88.0 Å². The van der Waals surface area contributed by atoms with Crippen LogP contribution in [0.15, 0.2) is 66.7 Å². The van der Waals surface area contributed by atoms with Gasteiger partial charge in [-0.3, -0.25) is 10.1 Å². The molecule has 2 aromatic carbocycles. The fourth-order valence-electron chi connectivity index (χ4n) is 1.80. The summed E-state index contributed by atoms with van der Waals surface area (Å²) >= 11 is 0. The quantitative estimate of drug-likeness (QED) is 0.363. The Bertz CT molecular complexity index is 741. The van der Waals surface area contributed by atoms with Crippen LogP contribution in [-0.2, 0) is 0 Å². The van der Waals surface area contributed by atoms with Crippen LogP contribution in [-0.4, -0.2) is 4.92 Å². The Morgan fingerprint density at radius 1 is 1.14 bits per heavy atom. The number of rotatable bonds is 4. The van der Waals surface area contributed by atoms with Gasteiger partial charge in [0, 0.05) is 12.1 Å². The molecule has 2 aromatic rings. The van der Waals surface area contributed by atoms with E-state index < -0.39 is 4.92 Å². The predicted molar refractivity (Wildman–Crippen MR) is 82.2 cm³/mol. The topological polar surface area (TPSA) is 66.9 Å². The highest BCUT2D eigenvalue weighted by Crippen LogP contribution is 2.20. The van der Waals surface area contributed by atoms with Gasteiger partial charge in [-0.05, 0) is 17.2 Å². The van der Waals surface area contributed by atoms with E-state index in [-0.39, 0.29) is 5.69 Å². The molecule has 2 rings (SSSR count). The SMILES string of the molecule is N#CC(=CC=Cc1ccccc1)c1cccc([N+](=O)[O-])c1. The molecular weight excluding hydrogens is 264 g/mol. The Labute approximate surface area is 122 Å². The maximum atomic E-state index is 10.8. The van der Waals surface area contributed by atoms with Gasteiger partial charge in [0.25, 0.3) is 5.69 Å². The first-order valence-electron chi connectivity index (χ1n) is 6.29. The number of allylic oxidation sites excluding steroid dienone is 3. The van der Waals surface area contributed by atoms with Gasteiger partial charge in [-0.1, -0.05) is 54.6 Å². The molecule has 0 aliphatic heterocycles. The molecule has 0 spiro atoms. The molecule has 0 bridgehead atoms. The predicted octanol–water partition coefficient (Wildman–Crippen LogP) is 4.22. The van der Waals surface area contributed by atoms with E-state index in [1.54, 1.807) is 24.3 Å². The molecule has 0 aliphatic rings. The van der Waals surface area contributed by atoms with Crippen LogP contribution in [0.3, 0.4) is 0 Å². The van der Waals surface area contributed by atoms with Gasteiger partial charge in [0.1, 0.15) is 0 Å². The van der Waals surface area contributed by atoms with E-state index in [2.05, 4.69) is 6.07 Å². The van der Waals surface area contributed by atoms with Gasteiger partial charge in [-0.25, -0.2) is 0 Å². The highest BCUT2D eigenvalue weighted by Gasteiger charge is 2.07. The molecule has 0 atom stereocenters. The van der Waals surface area contributed by atoms with E-state index in [4.69, 9.17) is 0 Å². The number of benzene rings is 2. The zero-order chi connectivity index (χ0) is 15.1. The van der Waals surface area contributed by atoms with E-state index in [0.29, 0.717) is 11.1 Å². The van der Waals surface area contributed by atoms with Crippen LogP contribution in [0.25, 0.3) is 11.6 Å². The minimum Gasteiger partial charge on any atom is -0.258 e. The summed E-state index contributed by atoms with van der Waals surface area (Å²) in [6.45, 7) is 0. The number of nitriles is 1. The molecule has 102 valence electrons. The van der Waals surface area contributed by atoms with Crippen molar-refractivity contribution in [2.75, 3.05) is 0 Å². The molecule has 0 aromatic heterocycles. The lowest BCUT2D eigenvalue weighted by molar-refractivity contribution is -0.384. The Hall–Kier alpha value is -3.19. The third-order valence-electron chi connectivity index (χ3n) is 2.84. The normalized spacial score (nSPS) is 11.3. The second kappa shape index (κ2) is 6.83. The van der Waals surface area contributed by atoms with Crippen LogP contribution in [0, 0.1) is 21.4 Å². The molecule has 0 radical (unpaired) electrons. The molecule has 0 saturated carbocycles. The van der Waals surface area contributed by atoms with E-state index in [1.807, 2.05) is 36.4 Å². The van der Waals surface area contributed by atoms with Crippen molar-refractivity contribution in [1.29, 1.82) is 5.26 Å². The fourth-order valence-corrected chi connectivity index (χ4v) is 1.80. The first kappa shape index (κ1) is 14.2. The van der Waals surface area contributed by atoms with Crippen LogP contribution < -0.4 is 0 Å². The summed E-state index contributed by atoms with van der Waals surface area (Å²) in [4.78, 5) is 10.3. The average molecular weight is 276 g/mol. The summed E-state index contributed by atoms with van der Waals surface area (Å²) in [5, 5.41) is 19.9. The average Bonchev–Trinajstić information content (AvgIpc) is 2.52. The number of nitro benzene ring substituents is 1. The zero-order valence-electron chi connectivity index (χ0n) is 11.1. The van der Waals surface area contributed by atoms with Crippen molar-refractivity contribution < 1.29 is 4.92 Å². The summed E-state index contributed by atoms with van der Waals surface area (Å²) in [5.41, 5.74) is 1.90. The molecule has 0 heterocycles. The first-order valence-corrected chi connectivity index (χ1v) is 6.29. The third kappa shape index (κ3) is 3.88. The summed E-state index contributed by atoms with van der Waals surface area (Å²) in [6.07, 6.45) is 5.27. The van der Waals surface area contributed by atoms with Crippen LogP contribution >= 0.6 is 0 Å². The fraction of sp³-hybridized carbons (Fsp3) is 0. The summed E-state index contributed by atoms with van der Waals surface area (Å²) in [6, 6.07) is 17.8.